The first-order chi connectivity index (χ1) is 7.41. The molecule has 11 heteroatoms. The average Bonchev–Trinajstić information content (AvgIpc) is 2.07. The summed E-state index contributed by atoms with van der Waals surface area (Å²) in [7, 11) is -10.7. The molecule has 8 nitrogen and oxygen atoms in total. The number of hydrogen-bond donors (Lipinski definition) is 2. The zero-order chi connectivity index (χ0) is 13.7. The first-order valence-corrected chi connectivity index (χ1v) is 10.00. The molecule has 0 aliphatic carbocycles. The quantitative estimate of drug-likeness (QED) is 0.480. The van der Waals surface area contributed by atoms with Crippen molar-refractivity contribution in [3.05, 3.63) is 0 Å². The highest BCUT2D eigenvalue weighted by Gasteiger charge is 2.14. The predicted octanol–water partition coefficient (Wildman–Crippen LogP) is -2.37. The monoisotopic (exact) mass is 308 g/mol. The molecule has 0 fully saturated rings. The maximum Gasteiger partial charge on any atom is 0.212 e. The van der Waals surface area contributed by atoms with Crippen molar-refractivity contribution in [2.75, 3.05) is 30.1 Å². The summed E-state index contributed by atoms with van der Waals surface area (Å²) in [5, 5.41) is 4.72. The number of sulfone groups is 1. The number of hydrogen-bond acceptors (Lipinski definition) is 6. The number of rotatable bonds is 8. The molecule has 0 radical (unpaired) electrons. The van der Waals surface area contributed by atoms with Crippen molar-refractivity contribution in [1.82, 2.24) is 4.72 Å². The minimum Gasteiger partial charge on any atom is -0.229 e. The predicted molar refractivity (Wildman–Crippen MR) is 64.1 cm³/mol. The van der Waals surface area contributed by atoms with Crippen molar-refractivity contribution in [2.24, 2.45) is 5.14 Å². The van der Waals surface area contributed by atoms with E-state index in [1.54, 1.807) is 0 Å². The van der Waals surface area contributed by atoms with Crippen molar-refractivity contribution in [3.63, 3.8) is 0 Å². The van der Waals surface area contributed by atoms with Gasteiger partial charge in [0, 0.05) is 12.8 Å². The first kappa shape index (κ1) is 16.8. The van der Waals surface area contributed by atoms with Gasteiger partial charge in [-0.05, 0) is 6.42 Å². The zero-order valence-corrected chi connectivity index (χ0v) is 11.7. The fourth-order valence-electron chi connectivity index (χ4n) is 0.834. The van der Waals surface area contributed by atoms with Gasteiger partial charge in [0.1, 0.15) is 9.84 Å². The van der Waals surface area contributed by atoms with Crippen molar-refractivity contribution >= 4 is 29.9 Å². The molecule has 0 aromatic rings. The fourth-order valence-corrected chi connectivity index (χ4v) is 4.07. The lowest BCUT2D eigenvalue weighted by molar-refractivity contribution is 0.575. The van der Waals surface area contributed by atoms with E-state index in [0.29, 0.717) is 0 Å². The minimum atomic E-state index is -3.70. The smallest absolute Gasteiger partial charge is 0.212 e. The van der Waals surface area contributed by atoms with Crippen LogP contribution in [0.25, 0.3) is 0 Å². The molecule has 0 spiro atoms. The summed E-state index contributed by atoms with van der Waals surface area (Å²) in [5.41, 5.74) is 0. The second-order valence-corrected chi connectivity index (χ2v) is 9.48. The van der Waals surface area contributed by atoms with Crippen LogP contribution in [0.15, 0.2) is 0 Å². The Labute approximate surface area is 102 Å². The van der Waals surface area contributed by atoms with E-state index in [0.717, 1.165) is 6.26 Å². The Morgan fingerprint density at radius 1 is 0.941 bits per heavy atom. The van der Waals surface area contributed by atoms with E-state index in [2.05, 4.69) is 4.72 Å². The van der Waals surface area contributed by atoms with Gasteiger partial charge in [-0.1, -0.05) is 0 Å². The second-order valence-electron chi connectivity index (χ2n) is 3.56. The van der Waals surface area contributed by atoms with Crippen molar-refractivity contribution in [2.45, 2.75) is 6.42 Å². The zero-order valence-electron chi connectivity index (χ0n) is 9.29. The second kappa shape index (κ2) is 6.09. The van der Waals surface area contributed by atoms with Crippen LogP contribution in [0.1, 0.15) is 6.42 Å². The highest BCUT2D eigenvalue weighted by molar-refractivity contribution is 7.93. The molecule has 0 atom stereocenters. The summed E-state index contributed by atoms with van der Waals surface area (Å²) >= 11 is 0. The van der Waals surface area contributed by atoms with Gasteiger partial charge in [0.25, 0.3) is 0 Å². The average molecular weight is 308 g/mol. The number of primary sulfonamides is 1. The van der Waals surface area contributed by atoms with Crippen LogP contribution in [0.3, 0.4) is 0 Å². The van der Waals surface area contributed by atoms with Crippen LogP contribution < -0.4 is 9.86 Å². The molecule has 0 aliphatic rings. The van der Waals surface area contributed by atoms with Gasteiger partial charge in [-0.3, -0.25) is 0 Å². The summed E-state index contributed by atoms with van der Waals surface area (Å²) in [6.07, 6.45) is 0.973. The Kier molecular flexibility index (Phi) is 6.01. The molecule has 0 aliphatic heterocycles. The van der Waals surface area contributed by atoms with E-state index in [9.17, 15) is 25.3 Å². The standard InChI is InChI=1S/C6H16N2O6S3/c1-15(9,10)5-6-17(13,14)8-3-2-4-16(7,11)12/h8H,2-6H2,1H3,(H2,7,11,12). The minimum absolute atomic E-state index is 0.0386. The van der Waals surface area contributed by atoms with Crippen LogP contribution in [0.5, 0.6) is 0 Å². The van der Waals surface area contributed by atoms with Gasteiger partial charge in [-0.2, -0.15) is 0 Å². The molecule has 0 heterocycles. The number of nitrogens with two attached hydrogens (primary N) is 1. The Balaban J connectivity index is 4.04. The van der Waals surface area contributed by atoms with Crippen LogP contribution in [-0.4, -0.2) is 55.3 Å². The van der Waals surface area contributed by atoms with Gasteiger partial charge in [-0.15, -0.1) is 0 Å². The summed E-state index contributed by atoms with van der Waals surface area (Å²) in [6.45, 7) is -0.0947. The molecule has 0 amide bonds. The van der Waals surface area contributed by atoms with Gasteiger partial charge in [0.05, 0.1) is 17.3 Å². The van der Waals surface area contributed by atoms with Gasteiger partial charge in [-0.25, -0.2) is 35.1 Å². The lowest BCUT2D eigenvalue weighted by atomic mass is 10.5. The molecule has 104 valence electrons. The molecule has 0 aromatic heterocycles. The largest absolute Gasteiger partial charge is 0.229 e. The van der Waals surface area contributed by atoms with Crippen molar-refractivity contribution in [1.29, 1.82) is 0 Å². The third-order valence-electron chi connectivity index (χ3n) is 1.65. The normalized spacial score (nSPS) is 13.8. The van der Waals surface area contributed by atoms with E-state index >= 15 is 0 Å². The molecule has 17 heavy (non-hydrogen) atoms. The molecule has 0 rings (SSSR count). The van der Waals surface area contributed by atoms with E-state index in [1.807, 2.05) is 0 Å². The van der Waals surface area contributed by atoms with Crippen LogP contribution in [0.2, 0.25) is 0 Å². The molecule has 0 saturated heterocycles. The maximum atomic E-state index is 11.2. The van der Waals surface area contributed by atoms with Crippen LogP contribution in [-0.2, 0) is 29.9 Å². The Morgan fingerprint density at radius 2 is 1.47 bits per heavy atom. The molecule has 0 bridgehead atoms. The van der Waals surface area contributed by atoms with Crippen molar-refractivity contribution < 1.29 is 25.3 Å². The molecule has 0 unspecified atom stereocenters. The van der Waals surface area contributed by atoms with E-state index in [-0.39, 0.29) is 18.7 Å². The van der Waals surface area contributed by atoms with Gasteiger partial charge < -0.3 is 0 Å². The van der Waals surface area contributed by atoms with Gasteiger partial charge in [0.2, 0.25) is 20.0 Å². The highest BCUT2D eigenvalue weighted by atomic mass is 32.2. The summed E-state index contributed by atoms with van der Waals surface area (Å²) in [4.78, 5) is 0. The molecular formula is C6H16N2O6S3. The summed E-state index contributed by atoms with van der Waals surface area (Å²) in [5.74, 6) is -1.35. The SMILES string of the molecule is CS(=O)(=O)CCS(=O)(=O)NCCCS(N)(=O)=O. The summed E-state index contributed by atoms with van der Waals surface area (Å²) in [6, 6.07) is 0. The topological polar surface area (TPSA) is 140 Å². The third kappa shape index (κ3) is 12.0. The number of sulfonamides is 2. The summed E-state index contributed by atoms with van der Waals surface area (Å²) < 4.78 is 67.2. The van der Waals surface area contributed by atoms with Gasteiger partial charge in [0.15, 0.2) is 0 Å². The van der Waals surface area contributed by atoms with Crippen LogP contribution >= 0.6 is 0 Å². The lowest BCUT2D eigenvalue weighted by Gasteiger charge is -2.05. The number of nitrogens with one attached hydrogen (secondary N) is 1. The highest BCUT2D eigenvalue weighted by Crippen LogP contribution is 1.91. The van der Waals surface area contributed by atoms with E-state index in [1.165, 1.54) is 0 Å². The maximum absolute atomic E-state index is 11.2. The Hall–Kier alpha value is -0.230. The fraction of sp³-hybridized carbons (Fsp3) is 1.00. The molecule has 3 N–H and O–H groups in total. The van der Waals surface area contributed by atoms with Crippen LogP contribution in [0.4, 0.5) is 0 Å². The first-order valence-electron chi connectivity index (χ1n) is 4.57. The van der Waals surface area contributed by atoms with Crippen molar-refractivity contribution in [3.8, 4) is 0 Å². The lowest BCUT2D eigenvalue weighted by Crippen LogP contribution is -2.31. The van der Waals surface area contributed by atoms with E-state index < -0.39 is 41.4 Å². The Morgan fingerprint density at radius 3 is 1.88 bits per heavy atom. The van der Waals surface area contributed by atoms with Crippen LogP contribution in [0, 0.1) is 0 Å². The van der Waals surface area contributed by atoms with E-state index in [4.69, 9.17) is 5.14 Å². The third-order valence-corrected chi connectivity index (χ3v) is 5.10. The Bertz CT molecular complexity index is 532. The molecule has 0 saturated carbocycles. The van der Waals surface area contributed by atoms with Gasteiger partial charge >= 0.3 is 0 Å². The molecule has 0 aromatic carbocycles. The molecular weight excluding hydrogens is 292 g/mol.